The molecule has 0 saturated heterocycles. The van der Waals surface area contributed by atoms with Crippen LogP contribution in [0, 0.1) is 0 Å². The van der Waals surface area contributed by atoms with Crippen molar-refractivity contribution in [2.45, 2.75) is 13.8 Å². The Morgan fingerprint density at radius 1 is 1.27 bits per heavy atom. The van der Waals surface area contributed by atoms with E-state index in [1.165, 1.54) is 0 Å². The summed E-state index contributed by atoms with van der Waals surface area (Å²) in [6.45, 7) is 4.11. The maximum Gasteiger partial charge on any atom is 0.177 e. The number of allylic oxidation sites excluding steroid dienone is 2. The van der Waals surface area contributed by atoms with Crippen LogP contribution in [-0.2, 0) is 0 Å². The lowest BCUT2D eigenvalue weighted by atomic mass is 10.0. The fourth-order valence-corrected chi connectivity index (χ4v) is 3.98. The molecule has 4 heterocycles. The lowest BCUT2D eigenvalue weighted by Crippen LogP contribution is -1.95. The Balaban J connectivity index is 1.99. The highest BCUT2D eigenvalue weighted by Crippen LogP contribution is 2.39. The van der Waals surface area contributed by atoms with Crippen molar-refractivity contribution in [3.05, 3.63) is 47.2 Å². The summed E-state index contributed by atoms with van der Waals surface area (Å²) < 4.78 is 7.25. The van der Waals surface area contributed by atoms with Gasteiger partial charge < -0.3 is 10.2 Å². The number of fused-ring (bicyclic) bond motifs is 2. The Morgan fingerprint density at radius 3 is 2.88 bits per heavy atom. The molecule has 5 nitrogen and oxygen atoms in total. The molecular formula is C20H18N4OS. The zero-order chi connectivity index (χ0) is 18.3. The minimum absolute atomic E-state index is 0.387. The average Bonchev–Trinajstić information content (AvgIpc) is 3.25. The van der Waals surface area contributed by atoms with Gasteiger partial charge in [0.15, 0.2) is 11.4 Å². The highest BCUT2D eigenvalue weighted by molar-refractivity contribution is 7.17. The van der Waals surface area contributed by atoms with E-state index >= 15 is 0 Å². The number of thiophene rings is 1. The Hall–Kier alpha value is -2.99. The Labute approximate surface area is 154 Å². The minimum Gasteiger partial charge on any atom is -0.452 e. The van der Waals surface area contributed by atoms with E-state index in [1.54, 1.807) is 30.8 Å². The zero-order valence-corrected chi connectivity index (χ0v) is 15.6. The van der Waals surface area contributed by atoms with Crippen LogP contribution in [-0.4, -0.2) is 23.2 Å². The molecule has 0 amide bonds. The highest BCUT2D eigenvalue weighted by Gasteiger charge is 2.17. The number of nitrogen functional groups attached to an aromatic ring is 1. The summed E-state index contributed by atoms with van der Waals surface area (Å²) in [5.74, 6) is 1.16. The molecule has 4 aromatic rings. The number of anilines is 1. The predicted molar refractivity (Wildman–Crippen MR) is 110 cm³/mol. The van der Waals surface area contributed by atoms with Crippen molar-refractivity contribution in [1.82, 2.24) is 9.97 Å². The van der Waals surface area contributed by atoms with E-state index in [9.17, 15) is 0 Å². The lowest BCUT2D eigenvalue weighted by Gasteiger charge is -2.06. The number of rotatable bonds is 3. The van der Waals surface area contributed by atoms with Crippen LogP contribution < -0.4 is 5.73 Å². The number of aromatic nitrogens is 2. The molecule has 0 fully saturated rings. The molecule has 0 saturated carbocycles. The third kappa shape index (κ3) is 2.59. The summed E-state index contributed by atoms with van der Waals surface area (Å²) in [7, 11) is 1.76. The van der Waals surface area contributed by atoms with Crippen molar-refractivity contribution in [2.75, 3.05) is 12.8 Å². The Bertz CT molecular complexity index is 1180. The molecule has 0 atom stereocenters. The van der Waals surface area contributed by atoms with Gasteiger partial charge in [0.05, 0.1) is 4.70 Å². The second kappa shape index (κ2) is 6.38. The van der Waals surface area contributed by atoms with E-state index in [1.807, 2.05) is 24.5 Å². The number of pyridine rings is 2. The van der Waals surface area contributed by atoms with Crippen LogP contribution in [0.3, 0.4) is 0 Å². The number of nitrogens with zero attached hydrogens (tertiary/aromatic N) is 3. The SMILES string of the molecule is CN=CC(=C(C)C)c1cnc(N)c2oc(-c3csc4cnccc34)cc12. The van der Waals surface area contributed by atoms with Crippen molar-refractivity contribution in [3.63, 3.8) is 0 Å². The van der Waals surface area contributed by atoms with Crippen LogP contribution in [0.5, 0.6) is 0 Å². The van der Waals surface area contributed by atoms with Crippen LogP contribution in [0.2, 0.25) is 0 Å². The molecule has 6 heteroatoms. The first-order chi connectivity index (χ1) is 12.6. The first kappa shape index (κ1) is 16.5. The molecule has 0 bridgehead atoms. The molecule has 4 rings (SSSR count). The van der Waals surface area contributed by atoms with E-state index in [0.29, 0.717) is 11.4 Å². The molecule has 2 N–H and O–H groups in total. The molecule has 0 aliphatic carbocycles. The van der Waals surface area contributed by atoms with Crippen molar-refractivity contribution in [1.29, 1.82) is 0 Å². The normalized spacial score (nSPS) is 11.7. The van der Waals surface area contributed by atoms with Crippen LogP contribution >= 0.6 is 11.3 Å². The van der Waals surface area contributed by atoms with E-state index in [4.69, 9.17) is 10.2 Å². The van der Waals surface area contributed by atoms with E-state index in [0.717, 1.165) is 43.5 Å². The summed E-state index contributed by atoms with van der Waals surface area (Å²) in [6.07, 6.45) is 7.30. The summed E-state index contributed by atoms with van der Waals surface area (Å²) >= 11 is 1.65. The van der Waals surface area contributed by atoms with Gasteiger partial charge in [-0.1, -0.05) is 5.57 Å². The van der Waals surface area contributed by atoms with Gasteiger partial charge in [0, 0.05) is 64.7 Å². The standard InChI is InChI=1S/C20H18N4OS/c1-11(2)14(7-22-3)15-8-24-20(21)19-13(15)6-17(25-19)16-10-26-18-9-23-5-4-12(16)18/h4-10H,1-3H3,(H2,21,24). The molecule has 26 heavy (non-hydrogen) atoms. The van der Waals surface area contributed by atoms with Crippen LogP contribution in [0.4, 0.5) is 5.82 Å². The molecule has 0 spiro atoms. The predicted octanol–water partition coefficient (Wildman–Crippen LogP) is 5.18. The van der Waals surface area contributed by atoms with Gasteiger partial charge in [-0.15, -0.1) is 11.3 Å². The molecular weight excluding hydrogens is 344 g/mol. The second-order valence-corrected chi connectivity index (χ2v) is 7.14. The topological polar surface area (TPSA) is 77.3 Å². The summed E-state index contributed by atoms with van der Waals surface area (Å²) in [6, 6.07) is 4.04. The highest BCUT2D eigenvalue weighted by atomic mass is 32.1. The van der Waals surface area contributed by atoms with E-state index in [2.05, 4.69) is 34.2 Å². The van der Waals surface area contributed by atoms with Gasteiger partial charge in [0.2, 0.25) is 0 Å². The smallest absolute Gasteiger partial charge is 0.177 e. The number of nitrogens with two attached hydrogens (primary N) is 1. The minimum atomic E-state index is 0.387. The van der Waals surface area contributed by atoms with Gasteiger partial charge in [0.25, 0.3) is 0 Å². The van der Waals surface area contributed by atoms with Crippen LogP contribution in [0.25, 0.3) is 38.0 Å². The fraction of sp³-hybridized carbons (Fsp3) is 0.150. The zero-order valence-electron chi connectivity index (χ0n) is 14.8. The van der Waals surface area contributed by atoms with Gasteiger partial charge in [-0.25, -0.2) is 4.98 Å². The monoisotopic (exact) mass is 362 g/mol. The molecule has 0 aromatic carbocycles. The Kier molecular flexibility index (Phi) is 4.05. The number of hydrogen-bond donors (Lipinski definition) is 1. The third-order valence-electron chi connectivity index (χ3n) is 4.32. The summed E-state index contributed by atoms with van der Waals surface area (Å²) in [4.78, 5) is 12.7. The largest absolute Gasteiger partial charge is 0.452 e. The third-order valence-corrected chi connectivity index (χ3v) is 5.25. The van der Waals surface area contributed by atoms with Gasteiger partial charge in [-0.3, -0.25) is 9.98 Å². The molecule has 0 unspecified atom stereocenters. The molecule has 0 aliphatic heterocycles. The molecule has 0 aliphatic rings. The fourth-order valence-electron chi connectivity index (χ4n) is 3.06. The molecule has 0 radical (unpaired) electrons. The maximum atomic E-state index is 6.13. The van der Waals surface area contributed by atoms with Crippen LogP contribution in [0.1, 0.15) is 19.4 Å². The van der Waals surface area contributed by atoms with Crippen molar-refractivity contribution in [2.24, 2.45) is 4.99 Å². The van der Waals surface area contributed by atoms with Gasteiger partial charge >= 0.3 is 0 Å². The first-order valence-corrected chi connectivity index (χ1v) is 9.07. The second-order valence-electron chi connectivity index (χ2n) is 6.23. The lowest BCUT2D eigenvalue weighted by molar-refractivity contribution is 0.632. The molecule has 4 aromatic heterocycles. The average molecular weight is 362 g/mol. The van der Waals surface area contributed by atoms with E-state index < -0.39 is 0 Å². The van der Waals surface area contributed by atoms with Crippen LogP contribution in [0.15, 0.2) is 51.1 Å². The Morgan fingerprint density at radius 2 is 2.12 bits per heavy atom. The van der Waals surface area contributed by atoms with Crippen molar-refractivity contribution < 1.29 is 4.42 Å². The maximum absolute atomic E-state index is 6.13. The summed E-state index contributed by atoms with van der Waals surface area (Å²) in [5, 5.41) is 4.15. The van der Waals surface area contributed by atoms with Crippen molar-refractivity contribution >= 4 is 50.0 Å². The number of aliphatic imine (C=N–C) groups is 1. The van der Waals surface area contributed by atoms with Gasteiger partial charge in [-0.2, -0.15) is 0 Å². The molecule has 130 valence electrons. The first-order valence-electron chi connectivity index (χ1n) is 8.19. The summed E-state index contributed by atoms with van der Waals surface area (Å²) in [5.41, 5.74) is 10.9. The van der Waals surface area contributed by atoms with Gasteiger partial charge in [0.1, 0.15) is 5.76 Å². The van der Waals surface area contributed by atoms with Gasteiger partial charge in [-0.05, 0) is 26.0 Å². The number of furan rings is 1. The number of hydrogen-bond acceptors (Lipinski definition) is 6. The quantitative estimate of drug-likeness (QED) is 0.509. The van der Waals surface area contributed by atoms with Crippen molar-refractivity contribution in [3.8, 4) is 11.3 Å². The van der Waals surface area contributed by atoms with E-state index in [-0.39, 0.29) is 0 Å².